The van der Waals surface area contributed by atoms with Gasteiger partial charge in [0.2, 0.25) is 11.8 Å². The molecule has 0 aliphatic heterocycles. The minimum Gasteiger partial charge on any atom is -0.508 e. The van der Waals surface area contributed by atoms with Crippen molar-refractivity contribution in [2.45, 2.75) is 84.9 Å². The predicted molar refractivity (Wildman–Crippen MR) is 158 cm³/mol. The third-order valence-electron chi connectivity index (χ3n) is 6.43. The second-order valence-corrected chi connectivity index (χ2v) is 11.1. The predicted octanol–water partition coefficient (Wildman–Crippen LogP) is 5.51. The van der Waals surface area contributed by atoms with Crippen LogP contribution in [0, 0.1) is 13.8 Å². The van der Waals surface area contributed by atoms with Gasteiger partial charge in [0.15, 0.2) is 0 Å². The first-order valence-electron chi connectivity index (χ1n) is 13.9. The molecule has 0 spiro atoms. The van der Waals surface area contributed by atoms with Crippen molar-refractivity contribution in [1.29, 1.82) is 0 Å². The Labute approximate surface area is 238 Å². The minimum absolute atomic E-state index is 0.0851. The van der Waals surface area contributed by atoms with Gasteiger partial charge in [0.25, 0.3) is 0 Å². The quantitative estimate of drug-likeness (QED) is 0.225. The average Bonchev–Trinajstić information content (AvgIpc) is 2.87. The van der Waals surface area contributed by atoms with Gasteiger partial charge < -0.3 is 25.4 Å². The second-order valence-electron chi connectivity index (χ2n) is 11.1. The molecule has 40 heavy (non-hydrogen) atoms. The van der Waals surface area contributed by atoms with Crippen molar-refractivity contribution in [3.63, 3.8) is 0 Å². The van der Waals surface area contributed by atoms with E-state index >= 15 is 0 Å². The van der Waals surface area contributed by atoms with Gasteiger partial charge in [0.1, 0.15) is 23.4 Å². The Balaban J connectivity index is 2.55. The highest BCUT2D eigenvalue weighted by Crippen LogP contribution is 2.29. The lowest BCUT2D eigenvalue weighted by Gasteiger charge is -2.35. The van der Waals surface area contributed by atoms with Gasteiger partial charge in [-0.05, 0) is 75.4 Å². The highest BCUT2D eigenvalue weighted by atomic mass is 16.6. The fraction of sp³-hybridized carbons (Fsp3) is 0.469. The maximum absolute atomic E-state index is 14.3. The number of hydrogen-bond acceptors (Lipinski definition) is 5. The van der Waals surface area contributed by atoms with E-state index in [1.165, 1.54) is 17.0 Å². The zero-order valence-corrected chi connectivity index (χ0v) is 24.8. The summed E-state index contributed by atoms with van der Waals surface area (Å²) in [6.07, 6.45) is 3.80. The number of hydrogen-bond donors (Lipinski definition) is 3. The van der Waals surface area contributed by atoms with Gasteiger partial charge in [-0.15, -0.1) is 6.58 Å². The van der Waals surface area contributed by atoms with Gasteiger partial charge in [0.05, 0.1) is 0 Å². The molecule has 0 saturated heterocycles. The lowest BCUT2D eigenvalue weighted by molar-refractivity contribution is -0.141. The Hall–Kier alpha value is -3.81. The molecule has 2 unspecified atom stereocenters. The molecule has 0 heterocycles. The van der Waals surface area contributed by atoms with E-state index in [0.29, 0.717) is 6.54 Å². The Morgan fingerprint density at radius 2 is 1.68 bits per heavy atom. The Kier molecular flexibility index (Phi) is 12.2. The van der Waals surface area contributed by atoms with Crippen LogP contribution in [0.15, 0.2) is 55.1 Å². The number of unbranched alkanes of at least 4 members (excludes halogenated alkanes) is 2. The maximum atomic E-state index is 14.3. The second kappa shape index (κ2) is 15.1. The van der Waals surface area contributed by atoms with Crippen molar-refractivity contribution in [3.05, 3.63) is 77.4 Å². The molecule has 3 N–H and O–H groups in total. The number of phenols is 1. The number of aryl methyl sites for hydroxylation is 2. The number of nitrogens with one attached hydrogen (secondary N) is 2. The van der Waals surface area contributed by atoms with E-state index in [1.807, 2.05) is 32.0 Å². The lowest BCUT2D eigenvalue weighted by atomic mass is 9.93. The van der Waals surface area contributed by atoms with Crippen molar-refractivity contribution >= 4 is 17.9 Å². The Morgan fingerprint density at radius 1 is 1.05 bits per heavy atom. The van der Waals surface area contributed by atoms with Crippen molar-refractivity contribution in [2.75, 3.05) is 13.1 Å². The molecular formula is C32H45N3O5. The van der Waals surface area contributed by atoms with Crippen molar-refractivity contribution in [1.82, 2.24) is 15.5 Å². The number of ether oxygens (including phenoxy) is 1. The Bertz CT molecular complexity index is 1130. The number of alkyl carbamates (subject to hydrolysis) is 1. The van der Waals surface area contributed by atoms with Gasteiger partial charge in [0, 0.05) is 19.5 Å². The smallest absolute Gasteiger partial charge is 0.408 e. The van der Waals surface area contributed by atoms with Crippen LogP contribution in [0.4, 0.5) is 4.79 Å². The lowest BCUT2D eigenvalue weighted by Crippen LogP contribution is -2.54. The summed E-state index contributed by atoms with van der Waals surface area (Å²) < 4.78 is 5.46. The molecule has 8 nitrogen and oxygen atoms in total. The first-order chi connectivity index (χ1) is 18.9. The molecule has 2 atom stereocenters. The maximum Gasteiger partial charge on any atom is 0.408 e. The SMILES string of the molecule is C=CCN(C(=O)C(Cc1ccc(O)cc1)NC(=O)OC(C)(C)C)C(C(=O)NCCCCC)c1c(C)cccc1C. The third kappa shape index (κ3) is 9.74. The zero-order valence-electron chi connectivity index (χ0n) is 24.8. The Morgan fingerprint density at radius 3 is 2.23 bits per heavy atom. The molecule has 8 heteroatoms. The first kappa shape index (κ1) is 32.4. The summed E-state index contributed by atoms with van der Waals surface area (Å²) in [6.45, 7) is 15.6. The summed E-state index contributed by atoms with van der Waals surface area (Å²) in [6, 6.07) is 10.2. The number of nitrogens with zero attached hydrogens (tertiary/aromatic N) is 1. The highest BCUT2D eigenvalue weighted by molar-refractivity contribution is 5.92. The van der Waals surface area contributed by atoms with Crippen LogP contribution in [0.25, 0.3) is 0 Å². The molecule has 2 aromatic rings. The normalized spacial score (nSPS) is 12.7. The highest BCUT2D eigenvalue weighted by Gasteiger charge is 2.37. The van der Waals surface area contributed by atoms with Gasteiger partial charge >= 0.3 is 6.09 Å². The molecule has 218 valence electrons. The van der Waals surface area contributed by atoms with Crippen LogP contribution >= 0.6 is 0 Å². The molecule has 2 aromatic carbocycles. The molecule has 0 saturated carbocycles. The van der Waals surface area contributed by atoms with E-state index in [9.17, 15) is 19.5 Å². The molecule has 0 radical (unpaired) electrons. The fourth-order valence-electron chi connectivity index (χ4n) is 4.55. The average molecular weight is 552 g/mol. The largest absolute Gasteiger partial charge is 0.508 e. The van der Waals surface area contributed by atoms with Crippen LogP contribution in [0.3, 0.4) is 0 Å². The summed E-state index contributed by atoms with van der Waals surface area (Å²) >= 11 is 0. The van der Waals surface area contributed by atoms with Crippen LogP contribution in [-0.2, 0) is 20.7 Å². The third-order valence-corrected chi connectivity index (χ3v) is 6.43. The number of benzene rings is 2. The minimum atomic E-state index is -1.04. The monoisotopic (exact) mass is 551 g/mol. The van der Waals surface area contributed by atoms with Gasteiger partial charge in [-0.25, -0.2) is 4.79 Å². The summed E-state index contributed by atoms with van der Waals surface area (Å²) in [5.41, 5.74) is 2.46. The topological polar surface area (TPSA) is 108 Å². The van der Waals surface area contributed by atoms with Crippen LogP contribution in [-0.4, -0.2) is 52.6 Å². The van der Waals surface area contributed by atoms with Crippen molar-refractivity contribution in [2.24, 2.45) is 0 Å². The number of carbonyl (C=O) groups excluding carboxylic acids is 3. The van der Waals surface area contributed by atoms with E-state index in [2.05, 4.69) is 24.1 Å². The summed E-state index contributed by atoms with van der Waals surface area (Å²) in [5, 5.41) is 15.5. The molecule has 2 rings (SSSR count). The fourth-order valence-corrected chi connectivity index (χ4v) is 4.55. The van der Waals surface area contributed by atoms with Crippen molar-refractivity contribution in [3.8, 4) is 5.75 Å². The van der Waals surface area contributed by atoms with Crippen LogP contribution < -0.4 is 10.6 Å². The molecule has 0 bridgehead atoms. The summed E-state index contributed by atoms with van der Waals surface area (Å²) in [4.78, 5) is 42.4. The first-order valence-corrected chi connectivity index (χ1v) is 13.9. The molecule has 0 fully saturated rings. The molecule has 0 aliphatic carbocycles. The van der Waals surface area contributed by atoms with Crippen molar-refractivity contribution < 1.29 is 24.2 Å². The number of amides is 3. The number of aromatic hydroxyl groups is 1. The molecule has 0 aliphatic rings. The summed E-state index contributed by atoms with van der Waals surface area (Å²) in [5.74, 6) is -0.644. The van der Waals surface area contributed by atoms with Gasteiger partial charge in [-0.2, -0.15) is 0 Å². The molecule has 0 aromatic heterocycles. The van der Waals surface area contributed by atoms with E-state index in [4.69, 9.17) is 4.74 Å². The van der Waals surface area contributed by atoms with Gasteiger partial charge in [-0.1, -0.05) is 56.2 Å². The van der Waals surface area contributed by atoms with E-state index in [-0.39, 0.29) is 24.6 Å². The standard InChI is InChI=1S/C32H45N3O5/c1-8-10-11-19-33-29(37)28(27-22(3)13-12-14-23(27)4)35(20-9-2)30(38)26(34-31(39)40-32(5,6)7)21-24-15-17-25(36)18-16-24/h9,12-18,26,28,36H,2,8,10-11,19-21H2,1,3-7H3,(H,33,37)(H,34,39). The van der Waals surface area contributed by atoms with Crippen LogP contribution in [0.1, 0.15) is 75.3 Å². The van der Waals surface area contributed by atoms with Gasteiger partial charge in [-0.3, -0.25) is 9.59 Å². The number of rotatable bonds is 13. The van der Waals surface area contributed by atoms with E-state index < -0.39 is 29.7 Å². The van der Waals surface area contributed by atoms with E-state index in [0.717, 1.165) is 41.5 Å². The van der Waals surface area contributed by atoms with Crippen LogP contribution in [0.5, 0.6) is 5.75 Å². The molecular weight excluding hydrogens is 506 g/mol. The summed E-state index contributed by atoms with van der Waals surface area (Å²) in [7, 11) is 0. The zero-order chi connectivity index (χ0) is 29.9. The molecule has 3 amide bonds. The van der Waals surface area contributed by atoms with Crippen LogP contribution in [0.2, 0.25) is 0 Å². The number of carbonyl (C=O) groups is 3. The number of phenolic OH excluding ortho intramolecular Hbond substituents is 1. The van der Waals surface area contributed by atoms with E-state index in [1.54, 1.807) is 39.0 Å².